The molecule has 4 aromatic rings. The van der Waals surface area contributed by atoms with Crippen molar-refractivity contribution >= 4 is 23.2 Å². The van der Waals surface area contributed by atoms with Crippen LogP contribution in [0.4, 0.5) is 14.7 Å². The molecule has 8 heteroatoms. The molecule has 6 rings (SSSR count). The summed E-state index contributed by atoms with van der Waals surface area (Å²) in [6.45, 7) is 0. The van der Waals surface area contributed by atoms with Gasteiger partial charge in [0.2, 0.25) is 5.95 Å². The van der Waals surface area contributed by atoms with Crippen molar-refractivity contribution in [3.8, 4) is 5.75 Å². The molecule has 0 bridgehead atoms. The van der Waals surface area contributed by atoms with E-state index in [9.17, 15) is 4.39 Å². The minimum absolute atomic E-state index is 0.350. The van der Waals surface area contributed by atoms with Crippen molar-refractivity contribution in [2.45, 2.75) is 12.1 Å². The van der Waals surface area contributed by atoms with Crippen LogP contribution >= 0.6 is 11.6 Å². The molecule has 0 aliphatic carbocycles. The van der Waals surface area contributed by atoms with Gasteiger partial charge in [-0.15, -0.1) is 0 Å². The van der Waals surface area contributed by atoms with Crippen molar-refractivity contribution in [2.24, 2.45) is 0 Å². The van der Waals surface area contributed by atoms with E-state index in [0.29, 0.717) is 22.3 Å². The maximum Gasteiger partial charge on any atom is 0.226 e. The first kappa shape index (κ1) is 19.0. The van der Waals surface area contributed by atoms with Crippen LogP contribution in [-0.4, -0.2) is 14.8 Å². The van der Waals surface area contributed by atoms with E-state index in [1.807, 2.05) is 0 Å². The SMILES string of the molecule is Fc1ccc([C@@H]2Oc3ccc(Cl)cc3C3=C2[C@@H](c2ccccc2F)n2ncnc2N3)cc1. The maximum atomic E-state index is 15.1. The Morgan fingerprint density at radius 3 is 2.62 bits per heavy atom. The number of hydrogen-bond donors (Lipinski definition) is 1. The van der Waals surface area contributed by atoms with Crippen LogP contribution in [0.3, 0.4) is 0 Å². The lowest BCUT2D eigenvalue weighted by Crippen LogP contribution is -2.32. The van der Waals surface area contributed by atoms with Gasteiger partial charge in [0.15, 0.2) is 0 Å². The summed E-state index contributed by atoms with van der Waals surface area (Å²) in [5, 5.41) is 8.23. The van der Waals surface area contributed by atoms with E-state index < -0.39 is 12.1 Å². The molecule has 32 heavy (non-hydrogen) atoms. The highest BCUT2D eigenvalue weighted by molar-refractivity contribution is 6.30. The quantitative estimate of drug-likeness (QED) is 0.423. The molecule has 3 heterocycles. The molecular formula is C24H15ClF2N4O. The van der Waals surface area contributed by atoms with Crippen molar-refractivity contribution in [3.63, 3.8) is 0 Å². The second kappa shape index (κ2) is 7.17. The minimum atomic E-state index is -0.632. The Morgan fingerprint density at radius 1 is 1.00 bits per heavy atom. The molecular weight excluding hydrogens is 434 g/mol. The first-order chi connectivity index (χ1) is 15.6. The molecule has 0 saturated heterocycles. The number of aromatic nitrogens is 3. The van der Waals surface area contributed by atoms with Crippen LogP contribution in [-0.2, 0) is 0 Å². The number of rotatable bonds is 2. The molecule has 5 nitrogen and oxygen atoms in total. The van der Waals surface area contributed by atoms with E-state index >= 15 is 4.39 Å². The summed E-state index contributed by atoms with van der Waals surface area (Å²) in [6.07, 6.45) is 0.801. The van der Waals surface area contributed by atoms with Gasteiger partial charge in [-0.1, -0.05) is 41.9 Å². The fourth-order valence-corrected chi connectivity index (χ4v) is 4.52. The van der Waals surface area contributed by atoms with Gasteiger partial charge in [0.05, 0.1) is 5.70 Å². The molecule has 2 aliphatic heterocycles. The third kappa shape index (κ3) is 2.89. The summed E-state index contributed by atoms with van der Waals surface area (Å²) in [7, 11) is 0. The number of anilines is 1. The molecule has 2 atom stereocenters. The van der Waals surface area contributed by atoms with Crippen molar-refractivity contribution in [1.82, 2.24) is 14.8 Å². The summed E-state index contributed by atoms with van der Waals surface area (Å²) in [5.41, 5.74) is 3.34. The molecule has 2 aliphatic rings. The van der Waals surface area contributed by atoms with Crippen LogP contribution in [0.5, 0.6) is 5.75 Å². The Morgan fingerprint density at radius 2 is 1.81 bits per heavy atom. The normalized spacial score (nSPS) is 18.8. The average Bonchev–Trinajstić information content (AvgIpc) is 3.27. The standard InChI is InChI=1S/C24H15ClF2N4O/c25-14-7-10-19-17(11-14)21-20(23(32-19)13-5-8-15(26)9-6-13)22(16-3-1-2-4-18(16)27)31-24(30-21)28-12-29-31/h1-12,22-23H,(H,28,29,30)/t22-,23+/m1/s1. The fourth-order valence-electron chi connectivity index (χ4n) is 4.35. The predicted octanol–water partition coefficient (Wildman–Crippen LogP) is 5.77. The first-order valence-electron chi connectivity index (χ1n) is 9.97. The van der Waals surface area contributed by atoms with E-state index in [2.05, 4.69) is 15.4 Å². The largest absolute Gasteiger partial charge is 0.480 e. The third-order valence-electron chi connectivity index (χ3n) is 5.75. The van der Waals surface area contributed by atoms with Crippen molar-refractivity contribution in [1.29, 1.82) is 0 Å². The van der Waals surface area contributed by atoms with Crippen molar-refractivity contribution in [2.75, 3.05) is 5.32 Å². The highest BCUT2D eigenvalue weighted by atomic mass is 35.5. The van der Waals surface area contributed by atoms with E-state index in [-0.39, 0.29) is 11.6 Å². The zero-order valence-electron chi connectivity index (χ0n) is 16.5. The third-order valence-corrected chi connectivity index (χ3v) is 5.98. The molecule has 0 saturated carbocycles. The molecule has 1 aromatic heterocycles. The molecule has 158 valence electrons. The number of benzene rings is 3. The number of fused-ring (bicyclic) bond motifs is 3. The van der Waals surface area contributed by atoms with Gasteiger partial charge in [-0.2, -0.15) is 10.1 Å². The Labute approximate surface area is 186 Å². The lowest BCUT2D eigenvalue weighted by Gasteiger charge is -2.39. The second-order valence-electron chi connectivity index (χ2n) is 7.60. The first-order valence-corrected chi connectivity index (χ1v) is 10.3. The van der Waals surface area contributed by atoms with Gasteiger partial charge in [0.25, 0.3) is 0 Å². The van der Waals surface area contributed by atoms with E-state index in [1.54, 1.807) is 53.2 Å². The number of ether oxygens (including phenoxy) is 1. The van der Waals surface area contributed by atoms with Gasteiger partial charge in [-0.25, -0.2) is 13.5 Å². The lowest BCUT2D eigenvalue weighted by molar-refractivity contribution is 0.222. The Hall–Kier alpha value is -3.71. The number of hydrogen-bond acceptors (Lipinski definition) is 4. The zero-order valence-corrected chi connectivity index (χ0v) is 17.2. The summed E-state index contributed by atoms with van der Waals surface area (Å²) in [5.74, 6) is 0.359. The van der Waals surface area contributed by atoms with Crippen molar-refractivity contribution < 1.29 is 13.5 Å². The van der Waals surface area contributed by atoms with Crippen LogP contribution in [0.15, 0.2) is 78.6 Å². The maximum absolute atomic E-state index is 15.1. The minimum Gasteiger partial charge on any atom is -0.480 e. The van der Waals surface area contributed by atoms with Crippen molar-refractivity contribution in [3.05, 3.63) is 112 Å². The topological polar surface area (TPSA) is 52.0 Å². The van der Waals surface area contributed by atoms with Gasteiger partial charge in [-0.3, -0.25) is 0 Å². The Balaban J connectivity index is 1.65. The predicted molar refractivity (Wildman–Crippen MR) is 116 cm³/mol. The van der Waals surface area contributed by atoms with E-state index in [0.717, 1.165) is 22.4 Å². The average molecular weight is 449 g/mol. The van der Waals surface area contributed by atoms with Gasteiger partial charge in [-0.05, 0) is 42.0 Å². The van der Waals surface area contributed by atoms with Gasteiger partial charge in [0.1, 0.15) is 35.9 Å². The van der Waals surface area contributed by atoms with Crippen LogP contribution in [0.1, 0.15) is 28.8 Å². The molecule has 0 radical (unpaired) electrons. The molecule has 0 spiro atoms. The Bertz CT molecular complexity index is 1380. The summed E-state index contributed by atoms with van der Waals surface area (Å²) in [4.78, 5) is 4.32. The van der Waals surface area contributed by atoms with Gasteiger partial charge < -0.3 is 10.1 Å². The summed E-state index contributed by atoms with van der Waals surface area (Å²) >= 11 is 6.30. The van der Waals surface area contributed by atoms with Crippen LogP contribution < -0.4 is 10.1 Å². The summed E-state index contributed by atoms with van der Waals surface area (Å²) < 4.78 is 36.8. The van der Waals surface area contributed by atoms with E-state index in [4.69, 9.17) is 16.3 Å². The monoisotopic (exact) mass is 448 g/mol. The number of halogens is 3. The second-order valence-corrected chi connectivity index (χ2v) is 8.03. The highest BCUT2D eigenvalue weighted by Crippen LogP contribution is 2.51. The zero-order chi connectivity index (χ0) is 21.8. The highest BCUT2D eigenvalue weighted by Gasteiger charge is 2.41. The number of nitrogens with one attached hydrogen (secondary N) is 1. The molecule has 3 aromatic carbocycles. The summed E-state index contributed by atoms with van der Waals surface area (Å²) in [6, 6.07) is 17.3. The number of nitrogens with zero attached hydrogens (tertiary/aromatic N) is 3. The van der Waals surface area contributed by atoms with Crippen LogP contribution in [0.2, 0.25) is 5.02 Å². The molecule has 1 N–H and O–H groups in total. The molecule has 0 fully saturated rings. The van der Waals surface area contributed by atoms with Gasteiger partial charge in [0, 0.05) is 21.7 Å². The molecule has 0 amide bonds. The smallest absolute Gasteiger partial charge is 0.226 e. The molecule has 0 unspecified atom stereocenters. The fraction of sp³-hybridized carbons (Fsp3) is 0.0833. The van der Waals surface area contributed by atoms with Crippen LogP contribution in [0.25, 0.3) is 5.70 Å². The Kier molecular flexibility index (Phi) is 4.26. The van der Waals surface area contributed by atoms with Gasteiger partial charge >= 0.3 is 0 Å². The lowest BCUT2D eigenvalue weighted by atomic mass is 9.84. The van der Waals surface area contributed by atoms with E-state index in [1.165, 1.54) is 24.5 Å². The van der Waals surface area contributed by atoms with Crippen LogP contribution in [0, 0.1) is 11.6 Å².